The fourth-order valence-electron chi connectivity index (χ4n) is 2.23. The third-order valence-electron chi connectivity index (χ3n) is 3.45. The van der Waals surface area contributed by atoms with Gasteiger partial charge in [0.25, 0.3) is 5.91 Å². The van der Waals surface area contributed by atoms with Crippen molar-refractivity contribution in [1.82, 2.24) is 10.1 Å². The van der Waals surface area contributed by atoms with Crippen LogP contribution in [-0.2, 0) is 6.61 Å². The SMILES string of the molecule is Cc1nc(COc2ccccc2C(=O)Nc2ccccc2C)no1. The molecule has 0 aliphatic heterocycles. The number of amides is 1. The van der Waals surface area contributed by atoms with E-state index in [-0.39, 0.29) is 12.5 Å². The summed E-state index contributed by atoms with van der Waals surface area (Å²) in [6.45, 7) is 3.78. The van der Waals surface area contributed by atoms with Gasteiger partial charge in [0.15, 0.2) is 6.61 Å². The van der Waals surface area contributed by atoms with E-state index in [1.807, 2.05) is 31.2 Å². The zero-order chi connectivity index (χ0) is 16.9. The second-order valence-electron chi connectivity index (χ2n) is 5.28. The number of anilines is 1. The fourth-order valence-corrected chi connectivity index (χ4v) is 2.23. The number of para-hydroxylation sites is 2. The predicted molar refractivity (Wildman–Crippen MR) is 88.9 cm³/mol. The van der Waals surface area contributed by atoms with Crippen molar-refractivity contribution in [2.24, 2.45) is 0 Å². The van der Waals surface area contributed by atoms with E-state index in [0.29, 0.717) is 23.0 Å². The molecule has 2 aromatic carbocycles. The van der Waals surface area contributed by atoms with Gasteiger partial charge in [-0.3, -0.25) is 4.79 Å². The minimum Gasteiger partial charge on any atom is -0.485 e. The standard InChI is InChI=1S/C18H17N3O3/c1-12-7-3-5-9-15(12)20-18(22)14-8-4-6-10-16(14)23-11-17-19-13(2)24-21-17/h3-10H,11H2,1-2H3,(H,20,22). The third kappa shape index (κ3) is 3.60. The Morgan fingerprint density at radius 3 is 2.62 bits per heavy atom. The number of aryl methyl sites for hydroxylation is 2. The van der Waals surface area contributed by atoms with Gasteiger partial charge in [-0.2, -0.15) is 4.98 Å². The Hall–Kier alpha value is -3.15. The van der Waals surface area contributed by atoms with Crippen LogP contribution in [0.1, 0.15) is 27.6 Å². The number of hydrogen-bond donors (Lipinski definition) is 1. The first-order chi connectivity index (χ1) is 11.6. The Labute approximate surface area is 139 Å². The molecule has 0 saturated heterocycles. The zero-order valence-electron chi connectivity index (χ0n) is 13.4. The number of nitrogens with zero attached hydrogens (tertiary/aromatic N) is 2. The van der Waals surface area contributed by atoms with E-state index in [9.17, 15) is 4.79 Å². The van der Waals surface area contributed by atoms with E-state index < -0.39 is 0 Å². The number of ether oxygens (including phenoxy) is 1. The molecule has 0 saturated carbocycles. The lowest BCUT2D eigenvalue weighted by Crippen LogP contribution is -2.14. The fraction of sp³-hybridized carbons (Fsp3) is 0.167. The van der Waals surface area contributed by atoms with E-state index in [2.05, 4.69) is 15.5 Å². The van der Waals surface area contributed by atoms with Gasteiger partial charge in [0, 0.05) is 12.6 Å². The van der Waals surface area contributed by atoms with E-state index >= 15 is 0 Å². The van der Waals surface area contributed by atoms with Crippen molar-refractivity contribution in [1.29, 1.82) is 0 Å². The average Bonchev–Trinajstić information content (AvgIpc) is 3.01. The molecule has 1 N–H and O–H groups in total. The molecule has 0 atom stereocenters. The van der Waals surface area contributed by atoms with Gasteiger partial charge in [-0.05, 0) is 30.7 Å². The monoisotopic (exact) mass is 323 g/mol. The molecule has 1 aromatic heterocycles. The zero-order valence-corrected chi connectivity index (χ0v) is 13.4. The number of hydrogen-bond acceptors (Lipinski definition) is 5. The molecular formula is C18H17N3O3. The highest BCUT2D eigenvalue weighted by Crippen LogP contribution is 2.21. The summed E-state index contributed by atoms with van der Waals surface area (Å²) >= 11 is 0. The molecule has 24 heavy (non-hydrogen) atoms. The quantitative estimate of drug-likeness (QED) is 0.777. The highest BCUT2D eigenvalue weighted by Gasteiger charge is 2.14. The summed E-state index contributed by atoms with van der Waals surface area (Å²) in [5, 5.41) is 6.67. The van der Waals surface area contributed by atoms with Crippen molar-refractivity contribution in [3.63, 3.8) is 0 Å². The van der Waals surface area contributed by atoms with Crippen LogP contribution in [0.25, 0.3) is 0 Å². The molecule has 3 aromatic rings. The van der Waals surface area contributed by atoms with Crippen LogP contribution in [0.4, 0.5) is 5.69 Å². The highest BCUT2D eigenvalue weighted by molar-refractivity contribution is 6.06. The molecule has 1 heterocycles. The van der Waals surface area contributed by atoms with Crippen molar-refractivity contribution in [3.8, 4) is 5.75 Å². The van der Waals surface area contributed by atoms with Crippen LogP contribution < -0.4 is 10.1 Å². The Balaban J connectivity index is 1.75. The van der Waals surface area contributed by atoms with E-state index in [0.717, 1.165) is 11.3 Å². The molecule has 6 nitrogen and oxygen atoms in total. The first-order valence-corrected chi connectivity index (χ1v) is 7.51. The Morgan fingerprint density at radius 2 is 1.88 bits per heavy atom. The second kappa shape index (κ2) is 6.95. The maximum Gasteiger partial charge on any atom is 0.259 e. The smallest absolute Gasteiger partial charge is 0.259 e. The second-order valence-corrected chi connectivity index (χ2v) is 5.28. The van der Waals surface area contributed by atoms with Gasteiger partial charge in [0.1, 0.15) is 5.75 Å². The van der Waals surface area contributed by atoms with Crippen LogP contribution in [0.3, 0.4) is 0 Å². The summed E-state index contributed by atoms with van der Waals surface area (Å²) in [5.74, 6) is 1.14. The molecule has 0 unspecified atom stereocenters. The molecule has 0 spiro atoms. The summed E-state index contributed by atoms with van der Waals surface area (Å²) < 4.78 is 10.6. The van der Waals surface area contributed by atoms with Crippen molar-refractivity contribution >= 4 is 11.6 Å². The maximum atomic E-state index is 12.6. The van der Waals surface area contributed by atoms with Crippen LogP contribution in [0.15, 0.2) is 53.1 Å². The summed E-state index contributed by atoms with van der Waals surface area (Å²) in [6.07, 6.45) is 0. The molecule has 0 aliphatic carbocycles. The lowest BCUT2D eigenvalue weighted by Gasteiger charge is -2.12. The van der Waals surface area contributed by atoms with Crippen molar-refractivity contribution < 1.29 is 14.1 Å². The first kappa shape index (κ1) is 15.7. The van der Waals surface area contributed by atoms with Crippen LogP contribution in [0.2, 0.25) is 0 Å². The van der Waals surface area contributed by atoms with Gasteiger partial charge >= 0.3 is 0 Å². The maximum absolute atomic E-state index is 12.6. The van der Waals surface area contributed by atoms with Crippen LogP contribution >= 0.6 is 0 Å². The van der Waals surface area contributed by atoms with Crippen molar-refractivity contribution in [2.45, 2.75) is 20.5 Å². The van der Waals surface area contributed by atoms with Gasteiger partial charge in [0.2, 0.25) is 11.7 Å². The Kier molecular flexibility index (Phi) is 4.56. The van der Waals surface area contributed by atoms with Crippen LogP contribution in [-0.4, -0.2) is 16.0 Å². The van der Waals surface area contributed by atoms with E-state index in [4.69, 9.17) is 9.26 Å². The minimum absolute atomic E-state index is 0.131. The van der Waals surface area contributed by atoms with Crippen molar-refractivity contribution in [2.75, 3.05) is 5.32 Å². The number of nitrogens with one attached hydrogen (secondary N) is 1. The molecule has 0 bridgehead atoms. The summed E-state index contributed by atoms with van der Waals surface area (Å²) in [6, 6.07) is 14.7. The lowest BCUT2D eigenvalue weighted by atomic mass is 10.1. The number of rotatable bonds is 5. The summed E-state index contributed by atoms with van der Waals surface area (Å²) in [7, 11) is 0. The topological polar surface area (TPSA) is 77.2 Å². The molecular weight excluding hydrogens is 306 g/mol. The Bertz CT molecular complexity index is 858. The largest absolute Gasteiger partial charge is 0.485 e. The van der Waals surface area contributed by atoms with Gasteiger partial charge in [-0.1, -0.05) is 35.5 Å². The number of carbonyl (C=O) groups is 1. The molecule has 0 aliphatic rings. The molecule has 3 rings (SSSR count). The average molecular weight is 323 g/mol. The normalized spacial score (nSPS) is 10.4. The number of benzene rings is 2. The minimum atomic E-state index is -0.232. The molecule has 6 heteroatoms. The van der Waals surface area contributed by atoms with E-state index in [1.165, 1.54) is 0 Å². The first-order valence-electron chi connectivity index (χ1n) is 7.51. The molecule has 0 fully saturated rings. The van der Waals surface area contributed by atoms with Crippen LogP contribution in [0.5, 0.6) is 5.75 Å². The van der Waals surface area contributed by atoms with Crippen LogP contribution in [0, 0.1) is 13.8 Å². The van der Waals surface area contributed by atoms with Gasteiger partial charge < -0.3 is 14.6 Å². The molecule has 0 radical (unpaired) electrons. The lowest BCUT2D eigenvalue weighted by molar-refractivity contribution is 0.102. The number of aromatic nitrogens is 2. The molecule has 122 valence electrons. The summed E-state index contributed by atoms with van der Waals surface area (Å²) in [4.78, 5) is 16.6. The Morgan fingerprint density at radius 1 is 1.12 bits per heavy atom. The molecule has 1 amide bonds. The predicted octanol–water partition coefficient (Wildman–Crippen LogP) is 3.52. The van der Waals surface area contributed by atoms with Gasteiger partial charge in [-0.15, -0.1) is 0 Å². The van der Waals surface area contributed by atoms with E-state index in [1.54, 1.807) is 31.2 Å². The van der Waals surface area contributed by atoms with Gasteiger partial charge in [-0.25, -0.2) is 0 Å². The van der Waals surface area contributed by atoms with Crippen molar-refractivity contribution in [3.05, 3.63) is 71.4 Å². The third-order valence-corrected chi connectivity index (χ3v) is 3.45. The summed E-state index contributed by atoms with van der Waals surface area (Å²) in [5.41, 5.74) is 2.21. The number of carbonyl (C=O) groups excluding carboxylic acids is 1. The van der Waals surface area contributed by atoms with Gasteiger partial charge in [0.05, 0.1) is 5.56 Å². The highest BCUT2D eigenvalue weighted by atomic mass is 16.5.